The van der Waals surface area contributed by atoms with Gasteiger partial charge in [0.1, 0.15) is 11.5 Å². The van der Waals surface area contributed by atoms with Crippen molar-refractivity contribution in [2.24, 2.45) is 0 Å². The van der Waals surface area contributed by atoms with Crippen LogP contribution < -0.4 is 9.47 Å². The number of pyridine rings is 1. The van der Waals surface area contributed by atoms with Crippen molar-refractivity contribution in [2.45, 2.75) is 10.1 Å². The van der Waals surface area contributed by atoms with Crippen molar-refractivity contribution in [3.05, 3.63) is 60.8 Å². The minimum atomic E-state index is -1.50. The number of aromatic amines is 1. The predicted molar refractivity (Wildman–Crippen MR) is 104 cm³/mol. The molecular formula is C20H17N3O3S. The van der Waals surface area contributed by atoms with Crippen molar-refractivity contribution in [1.82, 2.24) is 15.0 Å². The van der Waals surface area contributed by atoms with Gasteiger partial charge in [0, 0.05) is 18.3 Å². The Morgan fingerprint density at radius 3 is 2.56 bits per heavy atom. The molecule has 27 heavy (non-hydrogen) atoms. The number of H-pyrrole nitrogens is 1. The maximum atomic E-state index is 13.2. The molecule has 2 aromatic heterocycles. The van der Waals surface area contributed by atoms with E-state index in [2.05, 4.69) is 15.0 Å². The molecular weight excluding hydrogens is 362 g/mol. The van der Waals surface area contributed by atoms with Crippen molar-refractivity contribution in [1.29, 1.82) is 0 Å². The lowest BCUT2D eigenvalue weighted by molar-refractivity contribution is 0.414. The number of benzene rings is 2. The number of imidazole rings is 1. The summed E-state index contributed by atoms with van der Waals surface area (Å²) in [6.45, 7) is 0. The van der Waals surface area contributed by atoms with Crippen LogP contribution in [0.1, 0.15) is 0 Å². The Morgan fingerprint density at radius 2 is 1.74 bits per heavy atom. The molecule has 7 heteroatoms. The topological polar surface area (TPSA) is 83.1 Å². The summed E-state index contributed by atoms with van der Waals surface area (Å²) in [6, 6.07) is 16.5. The maximum absolute atomic E-state index is 13.2. The Balaban J connectivity index is 1.77. The highest BCUT2D eigenvalue weighted by Crippen LogP contribution is 2.31. The fourth-order valence-corrected chi connectivity index (χ4v) is 3.97. The van der Waals surface area contributed by atoms with Gasteiger partial charge in [-0.3, -0.25) is 9.97 Å². The number of nitrogens with zero attached hydrogens (tertiary/aromatic N) is 2. The van der Waals surface area contributed by atoms with Crippen LogP contribution in [-0.4, -0.2) is 33.7 Å². The van der Waals surface area contributed by atoms with Crippen LogP contribution in [0, 0.1) is 0 Å². The largest absolute Gasteiger partial charge is 0.604 e. The minimum Gasteiger partial charge on any atom is -0.604 e. The van der Waals surface area contributed by atoms with E-state index in [0.29, 0.717) is 32.8 Å². The van der Waals surface area contributed by atoms with Crippen LogP contribution in [0.15, 0.2) is 70.8 Å². The van der Waals surface area contributed by atoms with Crippen LogP contribution >= 0.6 is 0 Å². The highest BCUT2D eigenvalue weighted by Gasteiger charge is 2.24. The van der Waals surface area contributed by atoms with E-state index in [1.54, 1.807) is 26.5 Å². The van der Waals surface area contributed by atoms with Gasteiger partial charge in [-0.1, -0.05) is 12.1 Å². The smallest absolute Gasteiger partial charge is 0.327 e. The van der Waals surface area contributed by atoms with Gasteiger partial charge in [0.15, 0.2) is 4.90 Å². The number of hydrogen-bond donors (Lipinski definition) is 1. The summed E-state index contributed by atoms with van der Waals surface area (Å²) in [6.07, 6.45) is 1.67. The van der Waals surface area contributed by atoms with E-state index in [1.807, 2.05) is 48.5 Å². The van der Waals surface area contributed by atoms with Gasteiger partial charge in [-0.2, -0.15) is 4.98 Å². The third kappa shape index (κ3) is 3.34. The summed E-state index contributed by atoms with van der Waals surface area (Å²) in [4.78, 5) is 12.6. The van der Waals surface area contributed by atoms with E-state index >= 15 is 0 Å². The fourth-order valence-electron chi connectivity index (χ4n) is 2.81. The lowest BCUT2D eigenvalue weighted by atomic mass is 10.1. The highest BCUT2D eigenvalue weighted by atomic mass is 32.2. The minimum absolute atomic E-state index is 0.383. The number of fused-ring (bicyclic) bond motifs is 1. The highest BCUT2D eigenvalue weighted by molar-refractivity contribution is 7.91. The zero-order valence-corrected chi connectivity index (χ0v) is 15.6. The van der Waals surface area contributed by atoms with Crippen molar-refractivity contribution in [3.63, 3.8) is 0 Å². The first kappa shape index (κ1) is 17.4. The number of aromatic nitrogens is 3. The number of ether oxygens (including phenoxy) is 2. The molecule has 0 aliphatic carbocycles. The molecule has 4 aromatic rings. The Morgan fingerprint density at radius 1 is 0.963 bits per heavy atom. The standard InChI is InChI=1S/C20H17N3O3S/c1-25-13-7-8-16-18(12-13)23-20(22-16)27(24)19-6-4-3-5-15(19)17-11-14(26-2)9-10-21-17/h3-12H,1-2H3,(H,22,23). The number of methoxy groups -OCH3 is 2. The summed E-state index contributed by atoms with van der Waals surface area (Å²) < 4.78 is 23.7. The Bertz CT molecular complexity index is 1100. The van der Waals surface area contributed by atoms with E-state index in [1.165, 1.54) is 0 Å². The van der Waals surface area contributed by atoms with Crippen molar-refractivity contribution in [2.75, 3.05) is 14.2 Å². The molecule has 0 aliphatic rings. The normalized spacial score (nSPS) is 12.1. The second-order valence-corrected chi connectivity index (χ2v) is 7.13. The zero-order valence-electron chi connectivity index (χ0n) is 14.8. The van der Waals surface area contributed by atoms with Crippen molar-refractivity contribution in [3.8, 4) is 22.8 Å². The third-order valence-corrected chi connectivity index (χ3v) is 5.47. The molecule has 0 bridgehead atoms. The molecule has 0 aliphatic heterocycles. The summed E-state index contributed by atoms with van der Waals surface area (Å²) in [5, 5.41) is 0.383. The molecule has 0 spiro atoms. The molecule has 0 radical (unpaired) electrons. The van der Waals surface area contributed by atoms with Gasteiger partial charge in [-0.15, -0.1) is 0 Å². The average Bonchev–Trinajstić information content (AvgIpc) is 3.16. The second kappa shape index (κ2) is 7.30. The third-order valence-electron chi connectivity index (χ3n) is 4.17. The van der Waals surface area contributed by atoms with E-state index in [4.69, 9.17) is 9.47 Å². The molecule has 0 amide bonds. The van der Waals surface area contributed by atoms with Gasteiger partial charge in [-0.25, -0.2) is 0 Å². The number of rotatable bonds is 5. The first-order chi connectivity index (χ1) is 13.2. The first-order valence-electron chi connectivity index (χ1n) is 8.24. The monoisotopic (exact) mass is 379 g/mol. The lowest BCUT2D eigenvalue weighted by Gasteiger charge is -2.11. The van der Waals surface area contributed by atoms with E-state index in [0.717, 1.165) is 11.1 Å². The summed E-state index contributed by atoms with van der Waals surface area (Å²) in [5.74, 6) is 1.39. The second-order valence-electron chi connectivity index (χ2n) is 5.77. The molecule has 1 unspecified atom stereocenters. The molecule has 136 valence electrons. The van der Waals surface area contributed by atoms with Crippen LogP contribution in [0.25, 0.3) is 22.3 Å². The molecule has 1 N–H and O–H groups in total. The summed E-state index contributed by atoms with van der Waals surface area (Å²) in [5.41, 5.74) is 2.97. The Hall–Kier alpha value is -3.03. The SMILES string of the molecule is COc1ccnc(-c2ccccc2[S+]([O-])c2nc3cc(OC)ccc3[nH]2)c1. The quantitative estimate of drug-likeness (QED) is 0.533. The van der Waals surface area contributed by atoms with Gasteiger partial charge in [0.2, 0.25) is 0 Å². The van der Waals surface area contributed by atoms with E-state index < -0.39 is 11.2 Å². The predicted octanol–water partition coefficient (Wildman–Crippen LogP) is 3.81. The molecule has 1 atom stereocenters. The number of nitrogens with one attached hydrogen (secondary N) is 1. The fraction of sp³-hybridized carbons (Fsp3) is 0.100. The van der Waals surface area contributed by atoms with Gasteiger partial charge in [-0.05, 0) is 30.3 Å². The van der Waals surface area contributed by atoms with Crippen molar-refractivity contribution >= 4 is 22.2 Å². The van der Waals surface area contributed by atoms with Crippen LogP contribution in [0.3, 0.4) is 0 Å². The zero-order chi connectivity index (χ0) is 18.8. The summed E-state index contributed by atoms with van der Waals surface area (Å²) >= 11 is -1.50. The van der Waals surface area contributed by atoms with Crippen LogP contribution in [0.2, 0.25) is 0 Å². The lowest BCUT2D eigenvalue weighted by Crippen LogP contribution is -2.06. The Kier molecular flexibility index (Phi) is 4.70. The molecule has 4 rings (SSSR count). The van der Waals surface area contributed by atoms with Crippen molar-refractivity contribution < 1.29 is 14.0 Å². The molecule has 2 heterocycles. The summed E-state index contributed by atoms with van der Waals surface area (Å²) in [7, 11) is 3.20. The average molecular weight is 379 g/mol. The molecule has 0 saturated heterocycles. The maximum Gasteiger partial charge on any atom is 0.327 e. The number of hydrogen-bond acceptors (Lipinski definition) is 5. The van der Waals surface area contributed by atoms with Gasteiger partial charge in [0.05, 0.1) is 47.7 Å². The molecule has 2 aromatic carbocycles. The molecule has 6 nitrogen and oxygen atoms in total. The van der Waals surface area contributed by atoms with Gasteiger partial charge >= 0.3 is 5.16 Å². The van der Waals surface area contributed by atoms with Crippen LogP contribution in [0.4, 0.5) is 0 Å². The van der Waals surface area contributed by atoms with Crippen LogP contribution in [0.5, 0.6) is 11.5 Å². The van der Waals surface area contributed by atoms with E-state index in [-0.39, 0.29) is 0 Å². The molecule has 0 saturated carbocycles. The van der Waals surface area contributed by atoms with Gasteiger partial charge in [0.25, 0.3) is 0 Å². The Labute approximate surface area is 159 Å². The van der Waals surface area contributed by atoms with Crippen LogP contribution in [-0.2, 0) is 11.2 Å². The van der Waals surface area contributed by atoms with E-state index in [9.17, 15) is 4.55 Å². The van der Waals surface area contributed by atoms with Gasteiger partial charge < -0.3 is 14.0 Å². The first-order valence-corrected chi connectivity index (χ1v) is 9.39. The molecule has 0 fully saturated rings.